The zero-order valence-corrected chi connectivity index (χ0v) is 7.91. The van der Waals surface area contributed by atoms with Crippen molar-refractivity contribution in [3.05, 3.63) is 29.7 Å². The van der Waals surface area contributed by atoms with E-state index in [0.717, 1.165) is 0 Å². The first-order valence-electron chi connectivity index (χ1n) is 4.20. The van der Waals surface area contributed by atoms with E-state index in [-0.39, 0.29) is 5.56 Å². The van der Waals surface area contributed by atoms with Crippen molar-refractivity contribution in [1.82, 2.24) is 19.9 Å². The molecule has 7 heteroatoms. The van der Waals surface area contributed by atoms with E-state index < -0.39 is 5.97 Å². The number of rotatable bonds is 3. The SMILES string of the molecule is Cc1nc(Cn2cc(C(=O)O)cn2)no1. The van der Waals surface area contributed by atoms with E-state index in [0.29, 0.717) is 18.3 Å². The summed E-state index contributed by atoms with van der Waals surface area (Å²) in [5.41, 5.74) is 0.134. The molecule has 0 bridgehead atoms. The van der Waals surface area contributed by atoms with Crippen LogP contribution in [0.1, 0.15) is 22.1 Å². The second kappa shape index (κ2) is 3.52. The Bertz CT molecular complexity index is 488. The van der Waals surface area contributed by atoms with Crippen LogP contribution < -0.4 is 0 Å². The number of carbonyl (C=O) groups is 1. The second-order valence-corrected chi connectivity index (χ2v) is 2.96. The molecule has 0 aliphatic heterocycles. The largest absolute Gasteiger partial charge is 0.478 e. The molecule has 0 aliphatic rings. The maximum Gasteiger partial charge on any atom is 0.338 e. The van der Waals surface area contributed by atoms with Crippen molar-refractivity contribution >= 4 is 5.97 Å². The van der Waals surface area contributed by atoms with Crippen LogP contribution in [0.4, 0.5) is 0 Å². The van der Waals surface area contributed by atoms with Gasteiger partial charge < -0.3 is 9.63 Å². The molecule has 2 aromatic rings. The van der Waals surface area contributed by atoms with Gasteiger partial charge in [-0.25, -0.2) is 4.79 Å². The highest BCUT2D eigenvalue weighted by atomic mass is 16.5. The average molecular weight is 208 g/mol. The first-order valence-corrected chi connectivity index (χ1v) is 4.20. The summed E-state index contributed by atoms with van der Waals surface area (Å²) in [7, 11) is 0. The van der Waals surface area contributed by atoms with Crippen molar-refractivity contribution in [2.45, 2.75) is 13.5 Å². The van der Waals surface area contributed by atoms with Crippen molar-refractivity contribution in [2.24, 2.45) is 0 Å². The average Bonchev–Trinajstić information content (AvgIpc) is 2.76. The van der Waals surface area contributed by atoms with Gasteiger partial charge in [-0.3, -0.25) is 4.68 Å². The van der Waals surface area contributed by atoms with Crippen molar-refractivity contribution in [1.29, 1.82) is 0 Å². The molecule has 0 fully saturated rings. The summed E-state index contributed by atoms with van der Waals surface area (Å²) >= 11 is 0. The normalized spacial score (nSPS) is 10.5. The van der Waals surface area contributed by atoms with Gasteiger partial charge in [-0.2, -0.15) is 10.1 Å². The smallest absolute Gasteiger partial charge is 0.338 e. The van der Waals surface area contributed by atoms with Crippen LogP contribution >= 0.6 is 0 Å². The van der Waals surface area contributed by atoms with Gasteiger partial charge in [0.05, 0.1) is 11.8 Å². The summed E-state index contributed by atoms with van der Waals surface area (Å²) in [5.74, 6) is -0.0753. The Kier molecular flexibility index (Phi) is 2.20. The third kappa shape index (κ3) is 2.01. The van der Waals surface area contributed by atoms with E-state index in [9.17, 15) is 4.79 Å². The van der Waals surface area contributed by atoms with Crippen LogP contribution in [-0.2, 0) is 6.54 Å². The van der Waals surface area contributed by atoms with E-state index in [2.05, 4.69) is 15.2 Å². The predicted molar refractivity (Wildman–Crippen MR) is 47.3 cm³/mol. The van der Waals surface area contributed by atoms with Gasteiger partial charge in [-0.1, -0.05) is 5.16 Å². The monoisotopic (exact) mass is 208 g/mol. The summed E-state index contributed by atoms with van der Waals surface area (Å²) in [6, 6.07) is 0. The number of aromatic carboxylic acids is 1. The predicted octanol–water partition coefficient (Wildman–Crippen LogP) is 0.321. The zero-order valence-electron chi connectivity index (χ0n) is 7.91. The minimum absolute atomic E-state index is 0.134. The fraction of sp³-hybridized carbons (Fsp3) is 0.250. The Hall–Kier alpha value is -2.18. The quantitative estimate of drug-likeness (QED) is 0.780. The molecular formula is C8H8N4O3. The molecule has 78 valence electrons. The van der Waals surface area contributed by atoms with Crippen molar-refractivity contribution in [3.63, 3.8) is 0 Å². The van der Waals surface area contributed by atoms with Crippen LogP contribution in [0.15, 0.2) is 16.9 Å². The van der Waals surface area contributed by atoms with Gasteiger partial charge in [0.1, 0.15) is 6.54 Å². The maximum absolute atomic E-state index is 10.6. The molecule has 2 rings (SSSR count). The molecule has 2 aromatic heterocycles. The molecule has 0 spiro atoms. The molecule has 0 unspecified atom stereocenters. The number of aryl methyl sites for hydroxylation is 1. The molecule has 7 nitrogen and oxygen atoms in total. The summed E-state index contributed by atoms with van der Waals surface area (Å²) in [4.78, 5) is 14.5. The van der Waals surface area contributed by atoms with Crippen molar-refractivity contribution < 1.29 is 14.4 Å². The lowest BCUT2D eigenvalue weighted by Gasteiger charge is -1.93. The summed E-state index contributed by atoms with van der Waals surface area (Å²) in [6.45, 7) is 1.98. The number of carboxylic acid groups (broad SMARTS) is 1. The summed E-state index contributed by atoms with van der Waals surface area (Å²) in [6.07, 6.45) is 2.68. The molecule has 0 aromatic carbocycles. The standard InChI is InChI=1S/C8H8N4O3/c1-5-10-7(11-15-5)4-12-3-6(2-9-12)8(13)14/h2-3H,4H2,1H3,(H,13,14). The number of carboxylic acids is 1. The summed E-state index contributed by atoms with van der Waals surface area (Å²) in [5, 5.41) is 16.2. The van der Waals surface area contributed by atoms with Gasteiger partial charge in [0.15, 0.2) is 5.82 Å². The molecule has 0 radical (unpaired) electrons. The van der Waals surface area contributed by atoms with Gasteiger partial charge in [-0.15, -0.1) is 0 Å². The first kappa shape index (κ1) is 9.38. The number of hydrogen-bond donors (Lipinski definition) is 1. The van der Waals surface area contributed by atoms with Gasteiger partial charge >= 0.3 is 5.97 Å². The molecule has 0 atom stereocenters. The Morgan fingerprint density at radius 1 is 1.67 bits per heavy atom. The number of nitrogens with zero attached hydrogens (tertiary/aromatic N) is 4. The molecule has 0 saturated carbocycles. The van der Waals surface area contributed by atoms with Crippen LogP contribution in [0.3, 0.4) is 0 Å². The molecule has 15 heavy (non-hydrogen) atoms. The van der Waals surface area contributed by atoms with E-state index in [1.807, 2.05) is 0 Å². The van der Waals surface area contributed by atoms with Gasteiger partial charge in [-0.05, 0) is 0 Å². The fourth-order valence-electron chi connectivity index (χ4n) is 1.11. The summed E-state index contributed by atoms with van der Waals surface area (Å²) < 4.78 is 6.21. The Morgan fingerprint density at radius 2 is 2.47 bits per heavy atom. The first-order chi connectivity index (χ1) is 7.15. The highest BCUT2D eigenvalue weighted by Gasteiger charge is 2.08. The van der Waals surface area contributed by atoms with Crippen molar-refractivity contribution in [3.8, 4) is 0 Å². The minimum Gasteiger partial charge on any atom is -0.478 e. The van der Waals surface area contributed by atoms with E-state index in [4.69, 9.17) is 9.63 Å². The topological polar surface area (TPSA) is 94.0 Å². The molecule has 2 heterocycles. The van der Waals surface area contributed by atoms with Crippen LogP contribution in [-0.4, -0.2) is 31.0 Å². The van der Waals surface area contributed by atoms with Gasteiger partial charge in [0.25, 0.3) is 0 Å². The molecule has 0 aliphatic carbocycles. The second-order valence-electron chi connectivity index (χ2n) is 2.96. The third-order valence-corrected chi connectivity index (χ3v) is 1.75. The minimum atomic E-state index is -1.01. The van der Waals surface area contributed by atoms with Gasteiger partial charge in [0, 0.05) is 13.1 Å². The van der Waals surface area contributed by atoms with Crippen LogP contribution in [0, 0.1) is 6.92 Å². The Balaban J connectivity index is 2.14. The lowest BCUT2D eigenvalue weighted by Crippen LogP contribution is -2.02. The number of hydrogen-bond acceptors (Lipinski definition) is 5. The van der Waals surface area contributed by atoms with Gasteiger partial charge in [0.2, 0.25) is 5.89 Å². The highest BCUT2D eigenvalue weighted by Crippen LogP contribution is 2.01. The molecule has 0 saturated heterocycles. The zero-order chi connectivity index (χ0) is 10.8. The lowest BCUT2D eigenvalue weighted by atomic mass is 10.4. The van der Waals surface area contributed by atoms with E-state index >= 15 is 0 Å². The lowest BCUT2D eigenvalue weighted by molar-refractivity contribution is 0.0697. The molecule has 1 N–H and O–H groups in total. The number of aromatic nitrogens is 4. The third-order valence-electron chi connectivity index (χ3n) is 1.75. The molecule has 0 amide bonds. The van der Waals surface area contributed by atoms with Crippen LogP contribution in [0.5, 0.6) is 0 Å². The highest BCUT2D eigenvalue weighted by molar-refractivity contribution is 5.86. The van der Waals surface area contributed by atoms with Crippen LogP contribution in [0.25, 0.3) is 0 Å². The Labute approximate surface area is 84.3 Å². The maximum atomic E-state index is 10.6. The van der Waals surface area contributed by atoms with E-state index in [1.54, 1.807) is 6.92 Å². The molecular weight excluding hydrogens is 200 g/mol. The fourth-order valence-corrected chi connectivity index (χ4v) is 1.11. The Morgan fingerprint density at radius 3 is 3.00 bits per heavy atom. The van der Waals surface area contributed by atoms with Crippen molar-refractivity contribution in [2.75, 3.05) is 0 Å². The van der Waals surface area contributed by atoms with Crippen LogP contribution in [0.2, 0.25) is 0 Å². The van der Waals surface area contributed by atoms with E-state index in [1.165, 1.54) is 17.1 Å².